The van der Waals surface area contributed by atoms with Crippen LogP contribution in [-0.2, 0) is 6.73 Å². The Hall–Kier alpha value is -4.08. The molecule has 9 nitrogen and oxygen atoms in total. The first-order valence-electron chi connectivity index (χ1n) is 11.1. The smallest absolute Gasteiger partial charge is 0.276 e. The van der Waals surface area contributed by atoms with Crippen LogP contribution in [0.25, 0.3) is 0 Å². The van der Waals surface area contributed by atoms with E-state index in [1.165, 1.54) is 28.9 Å². The summed E-state index contributed by atoms with van der Waals surface area (Å²) < 4.78 is 13.0. The fourth-order valence-electron chi connectivity index (χ4n) is 3.53. The number of carbonyl (C=O) groups excluding carboxylic acids is 1. The molecular formula is C26H22Cl2N4O5. The van der Waals surface area contributed by atoms with E-state index >= 15 is 0 Å². The lowest BCUT2D eigenvalue weighted by Crippen LogP contribution is -2.14. The molecule has 0 saturated carbocycles. The van der Waals surface area contributed by atoms with Gasteiger partial charge in [-0.25, -0.2) is 4.68 Å². The molecule has 0 saturated heterocycles. The molecule has 1 amide bonds. The molecule has 1 heterocycles. The zero-order valence-corrected chi connectivity index (χ0v) is 21.6. The molecule has 11 heteroatoms. The van der Waals surface area contributed by atoms with Crippen LogP contribution in [-0.4, -0.2) is 20.6 Å². The minimum Gasteiger partial charge on any atom is -0.470 e. The van der Waals surface area contributed by atoms with Gasteiger partial charge in [-0.1, -0.05) is 35.3 Å². The van der Waals surface area contributed by atoms with Crippen LogP contribution in [0.2, 0.25) is 10.0 Å². The lowest BCUT2D eigenvalue weighted by molar-refractivity contribution is -0.384. The summed E-state index contributed by atoms with van der Waals surface area (Å²) in [4.78, 5) is 23.8. The lowest BCUT2D eigenvalue weighted by Gasteiger charge is -2.13. The first kappa shape index (κ1) is 26.0. The number of hydrogen-bond acceptors (Lipinski definition) is 6. The molecule has 0 bridgehead atoms. The second-order valence-electron chi connectivity index (χ2n) is 8.30. The van der Waals surface area contributed by atoms with Gasteiger partial charge in [-0.05, 0) is 61.7 Å². The topological polar surface area (TPSA) is 109 Å². The highest BCUT2D eigenvalue weighted by Crippen LogP contribution is 2.33. The number of carbonyl (C=O) groups is 1. The van der Waals surface area contributed by atoms with Gasteiger partial charge in [0.05, 0.1) is 21.7 Å². The largest absolute Gasteiger partial charge is 0.470 e. The summed E-state index contributed by atoms with van der Waals surface area (Å²) in [6.07, 6.45) is 1.55. The molecule has 0 aliphatic heterocycles. The highest BCUT2D eigenvalue weighted by Gasteiger charge is 2.17. The Morgan fingerprint density at radius 1 is 1.08 bits per heavy atom. The van der Waals surface area contributed by atoms with Gasteiger partial charge in [0.25, 0.3) is 11.6 Å². The number of aryl methyl sites for hydroxylation is 2. The van der Waals surface area contributed by atoms with Crippen molar-refractivity contribution < 1.29 is 19.2 Å². The first-order valence-corrected chi connectivity index (χ1v) is 11.8. The Morgan fingerprint density at radius 2 is 1.86 bits per heavy atom. The summed E-state index contributed by atoms with van der Waals surface area (Å²) in [6, 6.07) is 14.4. The number of anilines is 1. The van der Waals surface area contributed by atoms with Crippen LogP contribution < -0.4 is 14.8 Å². The molecule has 0 aliphatic rings. The summed E-state index contributed by atoms with van der Waals surface area (Å²) in [6.45, 7) is 5.79. The summed E-state index contributed by atoms with van der Waals surface area (Å²) in [7, 11) is 0. The Morgan fingerprint density at radius 3 is 2.62 bits per heavy atom. The number of nitrogens with zero attached hydrogens (tertiary/aromatic N) is 3. The van der Waals surface area contributed by atoms with E-state index in [1.54, 1.807) is 24.4 Å². The molecule has 4 rings (SSSR count). The Bertz CT molecular complexity index is 1500. The van der Waals surface area contributed by atoms with Crippen molar-refractivity contribution in [3.8, 4) is 17.2 Å². The zero-order valence-electron chi connectivity index (χ0n) is 20.1. The van der Waals surface area contributed by atoms with E-state index in [4.69, 9.17) is 32.7 Å². The van der Waals surface area contributed by atoms with Gasteiger partial charge in [0.2, 0.25) is 0 Å². The van der Waals surface area contributed by atoms with Crippen molar-refractivity contribution in [2.45, 2.75) is 27.5 Å². The van der Waals surface area contributed by atoms with Gasteiger partial charge >= 0.3 is 0 Å². The van der Waals surface area contributed by atoms with E-state index in [0.717, 1.165) is 16.7 Å². The third-order valence-electron chi connectivity index (χ3n) is 5.49. The number of benzene rings is 3. The number of halogens is 2. The molecule has 4 aromatic rings. The molecule has 1 N–H and O–H groups in total. The molecule has 0 unspecified atom stereocenters. The average Bonchev–Trinajstić information content (AvgIpc) is 3.32. The minimum absolute atomic E-state index is 0.0165. The number of aromatic nitrogens is 2. The number of ether oxygens (including phenoxy) is 2. The van der Waals surface area contributed by atoms with E-state index in [2.05, 4.69) is 10.4 Å². The number of hydrogen-bond donors (Lipinski definition) is 1. The standard InChI is InChI=1S/C26H22Cl2N4O5/c1-15-9-16(2)17(3)24(10-15)37-20-12-18(11-19(13-20)32(34)35)29-26(33)22-7-8-31(30-22)14-36-23-6-4-5-21(27)25(23)28/h4-13H,14H2,1-3H3,(H,29,33). The van der Waals surface area contributed by atoms with Crippen molar-refractivity contribution in [1.82, 2.24) is 9.78 Å². The van der Waals surface area contributed by atoms with Crippen LogP contribution >= 0.6 is 23.2 Å². The summed E-state index contributed by atoms with van der Waals surface area (Å²) in [5.74, 6) is 0.608. The normalized spacial score (nSPS) is 10.7. The van der Waals surface area contributed by atoms with Crippen LogP contribution in [0.15, 0.2) is 60.8 Å². The number of nitro groups is 1. The van der Waals surface area contributed by atoms with Crippen LogP contribution in [0.1, 0.15) is 27.2 Å². The van der Waals surface area contributed by atoms with Crippen molar-refractivity contribution in [3.63, 3.8) is 0 Å². The van der Waals surface area contributed by atoms with Crippen LogP contribution in [0.4, 0.5) is 11.4 Å². The predicted molar refractivity (Wildman–Crippen MR) is 141 cm³/mol. The van der Waals surface area contributed by atoms with Crippen molar-refractivity contribution >= 4 is 40.5 Å². The first-order chi connectivity index (χ1) is 17.6. The molecule has 3 aromatic carbocycles. The molecule has 190 valence electrons. The molecular weight excluding hydrogens is 519 g/mol. The highest BCUT2D eigenvalue weighted by atomic mass is 35.5. The molecule has 0 fully saturated rings. The quantitative estimate of drug-likeness (QED) is 0.188. The third kappa shape index (κ3) is 6.19. The van der Waals surface area contributed by atoms with Gasteiger partial charge in [-0.15, -0.1) is 0 Å². The van der Waals surface area contributed by atoms with Crippen LogP contribution in [0.3, 0.4) is 0 Å². The zero-order chi connectivity index (χ0) is 26.7. The van der Waals surface area contributed by atoms with E-state index in [0.29, 0.717) is 16.5 Å². The lowest BCUT2D eigenvalue weighted by atomic mass is 10.1. The Labute approximate surface area is 222 Å². The number of nitrogens with one attached hydrogen (secondary N) is 1. The van der Waals surface area contributed by atoms with Crippen LogP contribution in [0.5, 0.6) is 17.2 Å². The Balaban J connectivity index is 1.50. The van der Waals surface area contributed by atoms with Gasteiger partial charge in [0.1, 0.15) is 22.3 Å². The SMILES string of the molecule is Cc1cc(C)c(C)c(Oc2cc(NC(=O)c3ccn(COc4cccc(Cl)c4Cl)n3)cc([N+](=O)[O-])c2)c1. The van der Waals surface area contributed by atoms with Crippen molar-refractivity contribution in [2.24, 2.45) is 0 Å². The molecule has 37 heavy (non-hydrogen) atoms. The number of nitro benzene ring substituents is 1. The summed E-state index contributed by atoms with van der Waals surface area (Å²) in [5, 5.41) is 19.0. The number of rotatable bonds is 8. The van der Waals surface area contributed by atoms with Gasteiger partial charge in [-0.3, -0.25) is 14.9 Å². The number of amides is 1. The summed E-state index contributed by atoms with van der Waals surface area (Å²) in [5.41, 5.74) is 2.98. The van der Waals surface area contributed by atoms with E-state index < -0.39 is 10.8 Å². The van der Waals surface area contributed by atoms with Crippen molar-refractivity contribution in [1.29, 1.82) is 0 Å². The average molecular weight is 541 g/mol. The maximum atomic E-state index is 12.8. The second-order valence-corrected chi connectivity index (χ2v) is 9.08. The van der Waals surface area contributed by atoms with Gasteiger partial charge in [0, 0.05) is 18.3 Å². The fourth-order valence-corrected chi connectivity index (χ4v) is 3.88. The maximum Gasteiger partial charge on any atom is 0.276 e. The van der Waals surface area contributed by atoms with E-state index in [9.17, 15) is 14.9 Å². The third-order valence-corrected chi connectivity index (χ3v) is 6.30. The van der Waals surface area contributed by atoms with Crippen molar-refractivity contribution in [2.75, 3.05) is 5.32 Å². The summed E-state index contributed by atoms with van der Waals surface area (Å²) >= 11 is 12.1. The molecule has 0 aliphatic carbocycles. The molecule has 0 radical (unpaired) electrons. The van der Waals surface area contributed by atoms with E-state index in [1.807, 2.05) is 32.9 Å². The molecule has 0 atom stereocenters. The molecule has 1 aromatic heterocycles. The fraction of sp³-hybridized carbons (Fsp3) is 0.154. The Kier molecular flexibility index (Phi) is 7.66. The van der Waals surface area contributed by atoms with Gasteiger partial charge in [0.15, 0.2) is 12.4 Å². The van der Waals surface area contributed by atoms with E-state index in [-0.39, 0.29) is 34.6 Å². The maximum absolute atomic E-state index is 12.8. The highest BCUT2D eigenvalue weighted by molar-refractivity contribution is 6.42. The van der Waals surface area contributed by atoms with Gasteiger partial charge < -0.3 is 14.8 Å². The molecule has 0 spiro atoms. The predicted octanol–water partition coefficient (Wildman–Crippen LogP) is 7.10. The van der Waals surface area contributed by atoms with Gasteiger partial charge in [-0.2, -0.15) is 5.10 Å². The van der Waals surface area contributed by atoms with Crippen molar-refractivity contribution in [3.05, 3.63) is 103 Å². The minimum atomic E-state index is -0.562. The van der Waals surface area contributed by atoms with Crippen LogP contribution in [0, 0.1) is 30.9 Å². The second kappa shape index (κ2) is 10.9. The monoisotopic (exact) mass is 540 g/mol. The number of non-ortho nitro benzene ring substituents is 1.